The molecule has 2 atom stereocenters. The van der Waals surface area contributed by atoms with E-state index in [0.29, 0.717) is 25.7 Å². The number of fused-ring (bicyclic) bond motifs is 2. The summed E-state index contributed by atoms with van der Waals surface area (Å²) in [7, 11) is 0. The van der Waals surface area contributed by atoms with Crippen LogP contribution in [0, 0.1) is 0 Å². The Morgan fingerprint density at radius 2 is 1.22 bits per heavy atom. The average molecular weight is 867 g/mol. The standard InChI is InChI=1S/C28H32N6O3.C20H26N6O/c1-19-16-33(12-13-34(19)27(35)36-17-20-8-6-5-7-9-20)25-15-24(29-18-30-25)26-22-14-21(37-28(2,3)4)10-11-23(22)31-32-26;1-13-11-26(8-7-21-13)18-10-17(22-12-23-18)19-15-9-14(27-20(2,3)4)5-6-16(15)24-25-19/h5-11,14-15,18-19H,12-13,16-17H2,1-4H3,(H,31,32);5-6,9-10,12-13,21H,7-8,11H2,1-4H3,(H,24,25)/t19-;13-/m00/s1. The summed E-state index contributed by atoms with van der Waals surface area (Å²) in [6.07, 6.45) is 2.88. The zero-order valence-corrected chi connectivity index (χ0v) is 37.9. The van der Waals surface area contributed by atoms with Gasteiger partial charge < -0.3 is 34.2 Å². The van der Waals surface area contributed by atoms with Crippen LogP contribution in [0.25, 0.3) is 44.6 Å². The third-order valence-electron chi connectivity index (χ3n) is 10.8. The van der Waals surface area contributed by atoms with E-state index in [-0.39, 0.29) is 29.9 Å². The highest BCUT2D eigenvalue weighted by Gasteiger charge is 2.30. The van der Waals surface area contributed by atoms with Gasteiger partial charge in [-0.15, -0.1) is 0 Å². The molecule has 6 heterocycles. The Kier molecular flexibility index (Phi) is 12.7. The summed E-state index contributed by atoms with van der Waals surface area (Å²) < 4.78 is 17.6. The van der Waals surface area contributed by atoms with Crippen LogP contribution in [0.1, 0.15) is 61.0 Å². The molecule has 0 radical (unpaired) electrons. The van der Waals surface area contributed by atoms with Crippen molar-refractivity contribution < 1.29 is 19.0 Å². The van der Waals surface area contributed by atoms with Gasteiger partial charge in [-0.2, -0.15) is 10.2 Å². The Bertz CT molecular complexity index is 2690. The van der Waals surface area contributed by atoms with Crippen molar-refractivity contribution in [3.05, 3.63) is 97.1 Å². The van der Waals surface area contributed by atoms with Gasteiger partial charge >= 0.3 is 6.09 Å². The van der Waals surface area contributed by atoms with Gasteiger partial charge in [0.25, 0.3) is 0 Å². The molecule has 0 saturated carbocycles. The molecule has 2 saturated heterocycles. The summed E-state index contributed by atoms with van der Waals surface area (Å²) in [5.41, 5.74) is 5.39. The number of hydrogen-bond acceptors (Lipinski definition) is 13. The van der Waals surface area contributed by atoms with Gasteiger partial charge in [-0.05, 0) is 97.4 Å². The molecule has 1 amide bonds. The second-order valence-corrected chi connectivity index (χ2v) is 18.3. The highest BCUT2D eigenvalue weighted by Crippen LogP contribution is 2.33. The highest BCUT2D eigenvalue weighted by molar-refractivity contribution is 5.94. The van der Waals surface area contributed by atoms with Crippen LogP contribution >= 0.6 is 0 Å². The first-order valence-electron chi connectivity index (χ1n) is 21.9. The first-order chi connectivity index (χ1) is 30.7. The summed E-state index contributed by atoms with van der Waals surface area (Å²) >= 11 is 0. The molecule has 0 aliphatic carbocycles. The van der Waals surface area contributed by atoms with Crippen LogP contribution in [0.2, 0.25) is 0 Å². The molecule has 0 unspecified atom stereocenters. The molecule has 3 N–H and O–H groups in total. The number of aromatic amines is 2. The van der Waals surface area contributed by atoms with Gasteiger partial charge in [0.15, 0.2) is 0 Å². The molecule has 0 bridgehead atoms. The van der Waals surface area contributed by atoms with E-state index in [9.17, 15) is 4.79 Å². The molecule has 16 heteroatoms. The number of nitrogens with zero attached hydrogens (tertiary/aromatic N) is 9. The van der Waals surface area contributed by atoms with E-state index in [1.165, 1.54) is 0 Å². The maximum Gasteiger partial charge on any atom is 0.410 e. The van der Waals surface area contributed by atoms with Crippen LogP contribution < -0.4 is 24.6 Å². The fraction of sp³-hybridized carbons (Fsp3) is 0.396. The fourth-order valence-corrected chi connectivity index (χ4v) is 7.89. The van der Waals surface area contributed by atoms with Crippen molar-refractivity contribution in [3.8, 4) is 34.3 Å². The molecule has 2 aliphatic heterocycles. The van der Waals surface area contributed by atoms with Crippen molar-refractivity contribution in [2.24, 2.45) is 0 Å². The number of carbonyl (C=O) groups excluding carboxylic acids is 1. The molecule has 9 rings (SSSR count). The fourth-order valence-electron chi connectivity index (χ4n) is 7.89. The van der Waals surface area contributed by atoms with E-state index in [2.05, 4.69) is 62.4 Å². The number of amides is 1. The molecule has 3 aromatic carbocycles. The number of ether oxygens (including phenoxy) is 3. The Labute approximate surface area is 373 Å². The van der Waals surface area contributed by atoms with Crippen molar-refractivity contribution in [1.82, 2.24) is 50.5 Å². The predicted octanol–water partition coefficient (Wildman–Crippen LogP) is 8.04. The van der Waals surface area contributed by atoms with Crippen molar-refractivity contribution in [1.29, 1.82) is 0 Å². The lowest BCUT2D eigenvalue weighted by molar-refractivity contribution is 0.0794. The van der Waals surface area contributed by atoms with Crippen molar-refractivity contribution in [3.63, 3.8) is 0 Å². The molecule has 2 fully saturated rings. The molecule has 0 spiro atoms. The molecular formula is C48H58N12O4. The number of aromatic nitrogens is 8. The Morgan fingerprint density at radius 3 is 1.73 bits per heavy atom. The zero-order valence-electron chi connectivity index (χ0n) is 37.9. The van der Waals surface area contributed by atoms with E-state index < -0.39 is 0 Å². The number of piperazine rings is 2. The topological polar surface area (TPSA) is 175 Å². The van der Waals surface area contributed by atoms with Crippen LogP contribution in [0.4, 0.5) is 16.4 Å². The third-order valence-corrected chi connectivity index (χ3v) is 10.8. The van der Waals surface area contributed by atoms with Gasteiger partial charge in [-0.3, -0.25) is 10.2 Å². The lowest BCUT2D eigenvalue weighted by Gasteiger charge is -2.39. The maximum absolute atomic E-state index is 12.7. The van der Waals surface area contributed by atoms with Crippen molar-refractivity contribution >= 4 is 39.5 Å². The minimum absolute atomic E-state index is 0.0289. The smallest absolute Gasteiger partial charge is 0.410 e. The van der Waals surface area contributed by atoms with Gasteiger partial charge in [-0.25, -0.2) is 24.7 Å². The molecule has 2 aliphatic rings. The summed E-state index contributed by atoms with van der Waals surface area (Å²) in [6.45, 7) is 21.3. The molecule has 16 nitrogen and oxygen atoms in total. The summed E-state index contributed by atoms with van der Waals surface area (Å²) in [5.74, 6) is 3.34. The Balaban J connectivity index is 0.000000184. The number of nitrogens with one attached hydrogen (secondary N) is 3. The second-order valence-electron chi connectivity index (χ2n) is 18.3. The lowest BCUT2D eigenvalue weighted by atomic mass is 10.1. The van der Waals surface area contributed by atoms with Gasteiger partial charge in [0.2, 0.25) is 0 Å². The van der Waals surface area contributed by atoms with Gasteiger partial charge in [0, 0.05) is 74.3 Å². The van der Waals surface area contributed by atoms with Crippen LogP contribution in [0.15, 0.2) is 91.5 Å². The first-order valence-corrected chi connectivity index (χ1v) is 21.9. The zero-order chi connectivity index (χ0) is 45.0. The van der Waals surface area contributed by atoms with Crippen LogP contribution in [0.3, 0.4) is 0 Å². The largest absolute Gasteiger partial charge is 0.488 e. The maximum atomic E-state index is 12.7. The Hall–Kier alpha value is -6.81. The summed E-state index contributed by atoms with van der Waals surface area (Å²) in [4.78, 5) is 36.9. The van der Waals surface area contributed by atoms with Crippen LogP contribution in [0.5, 0.6) is 11.5 Å². The average Bonchev–Trinajstić information content (AvgIpc) is 3.89. The van der Waals surface area contributed by atoms with E-state index >= 15 is 0 Å². The van der Waals surface area contributed by atoms with E-state index in [1.54, 1.807) is 17.6 Å². The Morgan fingerprint density at radius 1 is 0.672 bits per heavy atom. The number of carbonyl (C=O) groups is 1. The normalized spacial score (nSPS) is 17.0. The van der Waals surface area contributed by atoms with Crippen molar-refractivity contribution in [2.45, 2.75) is 85.3 Å². The quantitative estimate of drug-likeness (QED) is 0.134. The van der Waals surface area contributed by atoms with Gasteiger partial charge in [-0.1, -0.05) is 30.3 Å². The van der Waals surface area contributed by atoms with E-state index in [1.807, 2.05) is 127 Å². The molecule has 64 heavy (non-hydrogen) atoms. The van der Waals surface area contributed by atoms with Crippen LogP contribution in [-0.2, 0) is 11.3 Å². The molecule has 4 aromatic heterocycles. The predicted molar refractivity (Wildman–Crippen MR) is 250 cm³/mol. The number of hydrogen-bond donors (Lipinski definition) is 3. The van der Waals surface area contributed by atoms with E-state index in [4.69, 9.17) is 14.2 Å². The minimum Gasteiger partial charge on any atom is -0.488 e. The number of H-pyrrole nitrogens is 2. The van der Waals surface area contributed by atoms with Crippen LogP contribution in [-0.4, -0.2) is 114 Å². The molecule has 7 aromatic rings. The summed E-state index contributed by atoms with van der Waals surface area (Å²) in [5, 5.41) is 20.6. The SMILES string of the molecule is C[C@H]1CN(c2cc(-c3n[nH]c4ccc(OC(C)(C)C)cc34)ncn2)CCN1.C[C@H]1CN(c2cc(-c3n[nH]c4ccc(OC(C)(C)C)cc34)ncn2)CCN1C(=O)OCc1ccccc1. The monoisotopic (exact) mass is 866 g/mol. The molecule has 334 valence electrons. The highest BCUT2D eigenvalue weighted by atomic mass is 16.6. The second kappa shape index (κ2) is 18.5. The number of benzene rings is 3. The molecular weight excluding hydrogens is 809 g/mol. The van der Waals surface area contributed by atoms with Crippen molar-refractivity contribution in [2.75, 3.05) is 49.1 Å². The minimum atomic E-state index is -0.299. The first kappa shape index (κ1) is 43.8. The number of rotatable bonds is 8. The number of anilines is 2. The van der Waals surface area contributed by atoms with Gasteiger partial charge in [0.1, 0.15) is 65.0 Å². The third kappa shape index (κ3) is 10.7. The van der Waals surface area contributed by atoms with E-state index in [0.717, 1.165) is 92.9 Å². The summed E-state index contributed by atoms with van der Waals surface area (Å²) in [6, 6.07) is 26.0. The van der Waals surface area contributed by atoms with Gasteiger partial charge in [0.05, 0.1) is 22.4 Å². The lowest BCUT2D eigenvalue weighted by Crippen LogP contribution is -2.54.